The number of nitrogens with one attached hydrogen (secondary N) is 1. The maximum absolute atomic E-state index is 13.7. The first-order valence-electron chi connectivity index (χ1n) is 10.3. The maximum Gasteiger partial charge on any atom is 0.325 e. The van der Waals surface area contributed by atoms with Crippen LogP contribution < -0.4 is 5.32 Å². The third-order valence-corrected chi connectivity index (χ3v) is 5.44. The highest BCUT2D eigenvalue weighted by atomic mass is 19.1. The highest BCUT2D eigenvalue weighted by Gasteiger charge is 2.53. The van der Waals surface area contributed by atoms with Crippen LogP contribution in [-0.2, 0) is 21.7 Å². The first kappa shape index (κ1) is 21.7. The molecule has 7 heteroatoms. The lowest BCUT2D eigenvalue weighted by Crippen LogP contribution is -2.45. The summed E-state index contributed by atoms with van der Waals surface area (Å²) >= 11 is 0. The topological polar surface area (TPSA) is 78.9 Å². The number of β-amino-alcohol motifs (C(OH)–C–C–N with tert-alkyl or cyclic N) is 1. The molecule has 2 N–H and O–H groups in total. The molecular weight excluding hydrogens is 411 g/mol. The zero-order valence-electron chi connectivity index (χ0n) is 17.3. The second-order valence-corrected chi connectivity index (χ2v) is 7.59. The number of carbonyl (C=O) groups excluding carboxylic acids is 2. The van der Waals surface area contributed by atoms with Gasteiger partial charge in [-0.15, -0.1) is 0 Å². The molecule has 164 valence electrons. The minimum absolute atomic E-state index is 0.0259. The first-order chi connectivity index (χ1) is 15.5. The lowest BCUT2D eigenvalue weighted by molar-refractivity contribution is -0.131. The second-order valence-electron chi connectivity index (χ2n) is 7.59. The summed E-state index contributed by atoms with van der Waals surface area (Å²) in [7, 11) is 0. The molecule has 0 bridgehead atoms. The van der Waals surface area contributed by atoms with Crippen LogP contribution in [0.25, 0.3) is 0 Å². The third kappa shape index (κ3) is 4.12. The van der Waals surface area contributed by atoms with Crippen molar-refractivity contribution < 1.29 is 23.8 Å². The quantitative estimate of drug-likeness (QED) is 0.534. The molecule has 1 saturated heterocycles. The summed E-state index contributed by atoms with van der Waals surface area (Å²) in [6, 6.07) is 23.6. The first-order valence-corrected chi connectivity index (χ1v) is 10.3. The van der Waals surface area contributed by atoms with E-state index < -0.39 is 29.4 Å². The molecule has 0 spiro atoms. The number of aliphatic hydroxyl groups is 1. The number of urea groups is 1. The van der Waals surface area contributed by atoms with Crippen molar-refractivity contribution in [3.8, 4) is 0 Å². The molecule has 1 aliphatic heterocycles. The minimum Gasteiger partial charge on any atom is -0.389 e. The van der Waals surface area contributed by atoms with Crippen molar-refractivity contribution in [3.05, 3.63) is 107 Å². The van der Waals surface area contributed by atoms with E-state index in [1.54, 1.807) is 66.7 Å². The number of hydrogen-bond donors (Lipinski definition) is 2. The second kappa shape index (κ2) is 9.30. The van der Waals surface area contributed by atoms with E-state index in [4.69, 9.17) is 4.74 Å². The van der Waals surface area contributed by atoms with E-state index in [0.717, 1.165) is 4.90 Å². The molecule has 1 aliphatic rings. The third-order valence-electron chi connectivity index (χ3n) is 5.44. The average Bonchev–Trinajstić information content (AvgIpc) is 3.07. The van der Waals surface area contributed by atoms with Crippen LogP contribution in [-0.4, -0.2) is 41.2 Å². The number of nitrogens with zero attached hydrogens (tertiary/aromatic N) is 1. The monoisotopic (exact) mass is 434 g/mol. The molecule has 3 aromatic rings. The van der Waals surface area contributed by atoms with Gasteiger partial charge in [0.05, 0.1) is 25.9 Å². The zero-order valence-corrected chi connectivity index (χ0v) is 17.3. The van der Waals surface area contributed by atoms with E-state index in [2.05, 4.69) is 5.32 Å². The molecule has 1 unspecified atom stereocenters. The molecule has 1 atom stereocenters. The lowest BCUT2D eigenvalue weighted by atomic mass is 9.82. The number of imide groups is 1. The van der Waals surface area contributed by atoms with Gasteiger partial charge in [0.25, 0.3) is 5.91 Å². The van der Waals surface area contributed by atoms with Gasteiger partial charge in [-0.25, -0.2) is 9.18 Å². The van der Waals surface area contributed by atoms with Gasteiger partial charge in [-0.2, -0.15) is 0 Å². The Morgan fingerprint density at radius 3 is 2.06 bits per heavy atom. The summed E-state index contributed by atoms with van der Waals surface area (Å²) in [5.74, 6) is -0.875. The van der Waals surface area contributed by atoms with E-state index in [0.29, 0.717) is 16.7 Å². The number of rotatable bonds is 8. The Bertz CT molecular complexity index is 1050. The Hall–Kier alpha value is -3.55. The van der Waals surface area contributed by atoms with Crippen molar-refractivity contribution >= 4 is 11.9 Å². The fraction of sp³-hybridized carbons (Fsp3) is 0.200. The average molecular weight is 434 g/mol. The number of amides is 3. The summed E-state index contributed by atoms with van der Waals surface area (Å²) in [6.07, 6.45) is -1.13. The van der Waals surface area contributed by atoms with Crippen LogP contribution in [0, 0.1) is 5.82 Å². The Morgan fingerprint density at radius 1 is 0.906 bits per heavy atom. The number of halogens is 1. The van der Waals surface area contributed by atoms with Crippen molar-refractivity contribution in [1.82, 2.24) is 10.2 Å². The molecular formula is C25H23FN2O4. The number of carbonyl (C=O) groups is 2. The Kier molecular flexibility index (Phi) is 6.30. The van der Waals surface area contributed by atoms with E-state index in [1.807, 2.05) is 12.1 Å². The molecule has 1 fully saturated rings. The summed E-state index contributed by atoms with van der Waals surface area (Å²) in [4.78, 5) is 27.4. The summed E-state index contributed by atoms with van der Waals surface area (Å²) in [6.45, 7) is -0.430. The Morgan fingerprint density at radius 2 is 1.47 bits per heavy atom. The van der Waals surface area contributed by atoms with Gasteiger partial charge in [-0.05, 0) is 17.2 Å². The predicted molar refractivity (Wildman–Crippen MR) is 116 cm³/mol. The van der Waals surface area contributed by atoms with Crippen LogP contribution >= 0.6 is 0 Å². The molecule has 3 amide bonds. The van der Waals surface area contributed by atoms with Crippen molar-refractivity contribution in [2.45, 2.75) is 18.2 Å². The summed E-state index contributed by atoms with van der Waals surface area (Å²) in [5.41, 5.74) is 0.226. The van der Waals surface area contributed by atoms with E-state index >= 15 is 0 Å². The standard InChI is InChI=1S/C25H23FN2O4/c26-22-14-8-7-9-18(22)16-32-17-21(29)15-28-23(30)25(27-24(28)31,19-10-3-1-4-11-19)20-12-5-2-6-13-20/h1-14,21,29H,15-17H2,(H,27,31). The van der Waals surface area contributed by atoms with Crippen molar-refractivity contribution in [2.24, 2.45) is 0 Å². The van der Waals surface area contributed by atoms with Gasteiger partial charge in [0.15, 0.2) is 5.54 Å². The van der Waals surface area contributed by atoms with Crippen LogP contribution in [0.1, 0.15) is 16.7 Å². The smallest absolute Gasteiger partial charge is 0.325 e. The molecule has 4 rings (SSSR count). The van der Waals surface area contributed by atoms with Gasteiger partial charge in [0, 0.05) is 5.56 Å². The number of hydrogen-bond acceptors (Lipinski definition) is 4. The zero-order chi connectivity index (χ0) is 22.6. The van der Waals surface area contributed by atoms with Crippen molar-refractivity contribution in [1.29, 1.82) is 0 Å². The summed E-state index contributed by atoms with van der Waals surface area (Å²) in [5, 5.41) is 13.2. The van der Waals surface area contributed by atoms with Crippen molar-refractivity contribution in [2.75, 3.05) is 13.2 Å². The largest absolute Gasteiger partial charge is 0.389 e. The normalized spacial score (nSPS) is 16.1. The number of ether oxygens (including phenoxy) is 1. The summed E-state index contributed by atoms with van der Waals surface area (Å²) < 4.78 is 19.1. The molecule has 0 aliphatic carbocycles. The van der Waals surface area contributed by atoms with Crippen LogP contribution in [0.15, 0.2) is 84.9 Å². The Balaban J connectivity index is 1.50. The molecule has 6 nitrogen and oxygen atoms in total. The Labute approximate surface area is 185 Å². The minimum atomic E-state index is -1.38. The fourth-order valence-corrected chi connectivity index (χ4v) is 3.86. The highest BCUT2D eigenvalue weighted by molar-refractivity contribution is 6.09. The molecule has 0 radical (unpaired) electrons. The van der Waals surface area contributed by atoms with Crippen LogP contribution in [0.2, 0.25) is 0 Å². The molecule has 32 heavy (non-hydrogen) atoms. The van der Waals surface area contributed by atoms with Crippen LogP contribution in [0.3, 0.4) is 0 Å². The molecule has 3 aromatic carbocycles. The van der Waals surface area contributed by atoms with Gasteiger partial charge >= 0.3 is 6.03 Å². The van der Waals surface area contributed by atoms with Gasteiger partial charge in [-0.1, -0.05) is 78.9 Å². The van der Waals surface area contributed by atoms with E-state index in [9.17, 15) is 19.1 Å². The van der Waals surface area contributed by atoms with E-state index in [1.165, 1.54) is 6.07 Å². The fourth-order valence-electron chi connectivity index (χ4n) is 3.86. The van der Waals surface area contributed by atoms with Gasteiger partial charge in [-0.3, -0.25) is 9.69 Å². The predicted octanol–water partition coefficient (Wildman–Crippen LogP) is 3.20. The number of aliphatic hydroxyl groups excluding tert-OH is 1. The van der Waals surface area contributed by atoms with Gasteiger partial charge in [0.2, 0.25) is 0 Å². The molecule has 0 saturated carbocycles. The number of benzene rings is 3. The highest BCUT2D eigenvalue weighted by Crippen LogP contribution is 2.36. The maximum atomic E-state index is 13.7. The van der Waals surface area contributed by atoms with Crippen LogP contribution in [0.5, 0.6) is 0 Å². The molecule has 1 heterocycles. The lowest BCUT2D eigenvalue weighted by Gasteiger charge is -2.28. The molecule has 0 aromatic heterocycles. The van der Waals surface area contributed by atoms with Gasteiger partial charge < -0.3 is 15.2 Å². The SMILES string of the molecule is O=C1NC(c2ccccc2)(c2ccccc2)C(=O)N1CC(O)COCc1ccccc1F. The van der Waals surface area contributed by atoms with Crippen LogP contribution in [0.4, 0.5) is 9.18 Å². The van der Waals surface area contributed by atoms with E-state index in [-0.39, 0.29) is 19.8 Å². The van der Waals surface area contributed by atoms with Crippen molar-refractivity contribution in [3.63, 3.8) is 0 Å². The van der Waals surface area contributed by atoms with Gasteiger partial charge in [0.1, 0.15) is 5.82 Å².